The van der Waals surface area contributed by atoms with Crippen LogP contribution in [0.4, 0.5) is 0 Å². The molecule has 0 aliphatic heterocycles. The lowest BCUT2D eigenvalue weighted by Crippen LogP contribution is -1.99. The Hall–Kier alpha value is -0.0100. The predicted octanol–water partition coefficient (Wildman–Crippen LogP) is 5.30. The zero-order valence-electron chi connectivity index (χ0n) is 12.5. The van der Waals surface area contributed by atoms with Crippen LogP contribution in [-0.2, 0) is 0 Å². The van der Waals surface area contributed by atoms with Gasteiger partial charge in [-0.2, -0.15) is 0 Å². The summed E-state index contributed by atoms with van der Waals surface area (Å²) in [7, 11) is 6.00. The minimum atomic E-state index is 0. The first kappa shape index (κ1) is 22.2. The lowest BCUT2D eigenvalue weighted by molar-refractivity contribution is 0.505. The van der Waals surface area contributed by atoms with Crippen LogP contribution >= 0.6 is 12.4 Å². The fraction of sp³-hybridized carbons (Fsp3) is 0.867. The number of unbranched alkanes of at least 4 members (excludes halogenated alkanes) is 8. The molecule has 0 rings (SSSR count). The highest BCUT2D eigenvalue weighted by molar-refractivity contribution is 5.85. The van der Waals surface area contributed by atoms with Gasteiger partial charge in [-0.05, 0) is 34.0 Å². The molecule has 0 radical (unpaired) electrons. The Balaban J connectivity index is -0.000000340. The second-order valence-corrected chi connectivity index (χ2v) is 4.89. The van der Waals surface area contributed by atoms with Crippen molar-refractivity contribution in [3.05, 3.63) is 12.7 Å². The number of nitrogens with zero attached hydrogens (tertiary/aromatic N) is 1. The minimum absolute atomic E-state index is 0. The van der Waals surface area contributed by atoms with Crippen molar-refractivity contribution in [1.29, 1.82) is 0 Å². The first-order valence-electron chi connectivity index (χ1n) is 6.87. The van der Waals surface area contributed by atoms with Gasteiger partial charge in [-0.15, -0.1) is 19.0 Å². The normalized spacial score (nSPS) is 9.24. The van der Waals surface area contributed by atoms with Crippen LogP contribution in [0.15, 0.2) is 12.7 Å². The summed E-state index contributed by atoms with van der Waals surface area (Å²) < 4.78 is 0. The van der Waals surface area contributed by atoms with Crippen LogP contribution in [-0.4, -0.2) is 26.0 Å². The van der Waals surface area contributed by atoms with E-state index in [0.29, 0.717) is 0 Å². The standard InChI is InChI=1S/C12H24.C3H9N.ClH/c1-3-5-7-9-11-12-10-8-6-4-2;1-4(2)3;/h3H,1,4-12H2,2H3;1-3H3;1H. The quantitative estimate of drug-likeness (QED) is 0.403. The lowest BCUT2D eigenvalue weighted by atomic mass is 10.1. The van der Waals surface area contributed by atoms with Crippen molar-refractivity contribution >= 4 is 12.4 Å². The van der Waals surface area contributed by atoms with Gasteiger partial charge in [0, 0.05) is 0 Å². The van der Waals surface area contributed by atoms with Gasteiger partial charge in [0.15, 0.2) is 0 Å². The Morgan fingerprint density at radius 3 is 1.53 bits per heavy atom. The topological polar surface area (TPSA) is 3.24 Å². The van der Waals surface area contributed by atoms with Crippen LogP contribution < -0.4 is 0 Å². The second kappa shape index (κ2) is 21.3. The van der Waals surface area contributed by atoms with Gasteiger partial charge in [0.25, 0.3) is 0 Å². The molecule has 0 aromatic heterocycles. The average Bonchev–Trinajstić information content (AvgIpc) is 2.21. The molecule has 0 spiro atoms. The van der Waals surface area contributed by atoms with E-state index in [1.54, 1.807) is 0 Å². The molecule has 17 heavy (non-hydrogen) atoms. The summed E-state index contributed by atoms with van der Waals surface area (Å²) in [5, 5.41) is 0. The van der Waals surface area contributed by atoms with E-state index in [1.165, 1.54) is 57.8 Å². The van der Waals surface area contributed by atoms with E-state index >= 15 is 0 Å². The van der Waals surface area contributed by atoms with E-state index in [-0.39, 0.29) is 12.4 Å². The maximum absolute atomic E-state index is 3.72. The molecule has 0 aromatic rings. The highest BCUT2D eigenvalue weighted by Gasteiger charge is 1.89. The first-order valence-corrected chi connectivity index (χ1v) is 6.87. The van der Waals surface area contributed by atoms with E-state index in [2.05, 4.69) is 13.5 Å². The summed E-state index contributed by atoms with van der Waals surface area (Å²) in [5.74, 6) is 0. The van der Waals surface area contributed by atoms with E-state index < -0.39 is 0 Å². The highest BCUT2D eigenvalue weighted by Crippen LogP contribution is 2.09. The highest BCUT2D eigenvalue weighted by atomic mass is 35.5. The fourth-order valence-electron chi connectivity index (χ4n) is 1.42. The smallest absolute Gasteiger partial charge is 0.0140 e. The Morgan fingerprint density at radius 2 is 1.18 bits per heavy atom. The van der Waals surface area contributed by atoms with Crippen molar-refractivity contribution in [3.8, 4) is 0 Å². The van der Waals surface area contributed by atoms with Gasteiger partial charge in [0.05, 0.1) is 0 Å². The van der Waals surface area contributed by atoms with Crippen LogP contribution in [0.3, 0.4) is 0 Å². The molecule has 0 aliphatic rings. The molecule has 106 valence electrons. The first-order chi connectivity index (χ1) is 7.65. The average molecular weight is 264 g/mol. The largest absolute Gasteiger partial charge is 0.312 e. The molecule has 0 saturated heterocycles. The van der Waals surface area contributed by atoms with Gasteiger partial charge in [0.2, 0.25) is 0 Å². The number of halogens is 1. The summed E-state index contributed by atoms with van der Waals surface area (Å²) in [6, 6.07) is 0. The fourth-order valence-corrected chi connectivity index (χ4v) is 1.42. The molecular weight excluding hydrogens is 230 g/mol. The van der Waals surface area contributed by atoms with Crippen molar-refractivity contribution in [3.63, 3.8) is 0 Å². The van der Waals surface area contributed by atoms with Crippen molar-refractivity contribution < 1.29 is 0 Å². The monoisotopic (exact) mass is 263 g/mol. The molecule has 0 bridgehead atoms. The summed E-state index contributed by atoms with van der Waals surface area (Å²) in [5.41, 5.74) is 0. The molecule has 0 atom stereocenters. The molecule has 0 aliphatic carbocycles. The van der Waals surface area contributed by atoms with Crippen molar-refractivity contribution in [2.45, 2.75) is 64.7 Å². The molecule has 0 saturated carbocycles. The second-order valence-electron chi connectivity index (χ2n) is 4.89. The van der Waals surface area contributed by atoms with E-state index in [0.717, 1.165) is 0 Å². The van der Waals surface area contributed by atoms with Crippen LogP contribution in [0.5, 0.6) is 0 Å². The van der Waals surface area contributed by atoms with Gasteiger partial charge in [0.1, 0.15) is 0 Å². The third-order valence-corrected chi connectivity index (χ3v) is 2.26. The van der Waals surface area contributed by atoms with Gasteiger partial charge in [-0.1, -0.05) is 57.9 Å². The molecule has 0 heterocycles. The Bertz CT molecular complexity index is 121. The predicted molar refractivity (Wildman–Crippen MR) is 84.3 cm³/mol. The van der Waals surface area contributed by atoms with Crippen LogP contribution in [0.1, 0.15) is 64.7 Å². The van der Waals surface area contributed by atoms with Crippen LogP contribution in [0, 0.1) is 0 Å². The van der Waals surface area contributed by atoms with Crippen molar-refractivity contribution in [2.75, 3.05) is 21.1 Å². The summed E-state index contributed by atoms with van der Waals surface area (Å²) in [6.45, 7) is 5.99. The molecule has 0 amide bonds. The SMILES string of the molecule is C=CCCCCCCCCCC.CN(C)C.Cl. The lowest BCUT2D eigenvalue weighted by Gasteiger charge is -1.99. The van der Waals surface area contributed by atoms with Gasteiger partial charge in [-0.3, -0.25) is 0 Å². The van der Waals surface area contributed by atoms with Gasteiger partial charge < -0.3 is 4.90 Å². The van der Waals surface area contributed by atoms with Gasteiger partial charge in [-0.25, -0.2) is 0 Å². The minimum Gasteiger partial charge on any atom is -0.312 e. The van der Waals surface area contributed by atoms with E-state index in [4.69, 9.17) is 0 Å². The maximum atomic E-state index is 3.72. The Morgan fingerprint density at radius 1 is 0.824 bits per heavy atom. The Labute approximate surface area is 116 Å². The molecular formula is C15H34ClN. The van der Waals surface area contributed by atoms with E-state index in [1.807, 2.05) is 32.1 Å². The third-order valence-electron chi connectivity index (χ3n) is 2.26. The van der Waals surface area contributed by atoms with Crippen molar-refractivity contribution in [2.24, 2.45) is 0 Å². The number of rotatable bonds is 9. The van der Waals surface area contributed by atoms with E-state index in [9.17, 15) is 0 Å². The zero-order valence-corrected chi connectivity index (χ0v) is 13.3. The number of hydrogen-bond acceptors (Lipinski definition) is 1. The molecule has 2 heteroatoms. The van der Waals surface area contributed by atoms with Crippen LogP contribution in [0.2, 0.25) is 0 Å². The van der Waals surface area contributed by atoms with Crippen LogP contribution in [0.25, 0.3) is 0 Å². The molecule has 0 unspecified atom stereocenters. The molecule has 0 fully saturated rings. The summed E-state index contributed by atoms with van der Waals surface area (Å²) in [6.07, 6.45) is 14.5. The van der Waals surface area contributed by atoms with Crippen molar-refractivity contribution in [1.82, 2.24) is 4.90 Å². The number of allylic oxidation sites excluding steroid dienone is 1. The molecule has 0 aromatic carbocycles. The zero-order chi connectivity index (χ0) is 12.6. The maximum Gasteiger partial charge on any atom is -0.0140 e. The Kier molecular flexibility index (Phi) is 27.8. The molecule has 1 nitrogen and oxygen atoms in total. The summed E-state index contributed by atoms with van der Waals surface area (Å²) in [4.78, 5) is 2.00. The number of hydrogen-bond donors (Lipinski definition) is 0. The van der Waals surface area contributed by atoms with Gasteiger partial charge >= 0.3 is 0 Å². The summed E-state index contributed by atoms with van der Waals surface area (Å²) >= 11 is 0. The molecule has 0 N–H and O–H groups in total. The third kappa shape index (κ3) is 38.7.